The number of likely N-dealkylation sites (tertiary alicyclic amines) is 1. The minimum atomic E-state index is -4.11. The molecule has 186 valence electrons. The molecular weight excluding hydrogens is 447 g/mol. The lowest BCUT2D eigenvalue weighted by Crippen LogP contribution is -2.33. The summed E-state index contributed by atoms with van der Waals surface area (Å²) in [7, 11) is 0. The lowest BCUT2D eigenvalue weighted by Gasteiger charge is -2.20. The maximum atomic E-state index is 12.8. The number of hydrogen-bond donors (Lipinski definition) is 2. The van der Waals surface area contributed by atoms with E-state index in [-0.39, 0.29) is 5.91 Å². The Morgan fingerprint density at radius 3 is 2.74 bits per heavy atom. The van der Waals surface area contributed by atoms with Gasteiger partial charge in [0.2, 0.25) is 5.91 Å². The fourth-order valence-corrected chi connectivity index (χ4v) is 5.90. The highest BCUT2D eigenvalue weighted by Gasteiger charge is 2.43. The second-order valence-electron chi connectivity index (χ2n) is 10.5. The fourth-order valence-electron chi connectivity index (χ4n) is 5.90. The highest BCUT2D eigenvalue weighted by Crippen LogP contribution is 2.43. The summed E-state index contributed by atoms with van der Waals surface area (Å²) in [5.74, 6) is 1.96. The summed E-state index contributed by atoms with van der Waals surface area (Å²) < 4.78 is 49.4. The van der Waals surface area contributed by atoms with Crippen LogP contribution in [-0.2, 0) is 9.53 Å². The van der Waals surface area contributed by atoms with Crippen molar-refractivity contribution in [3.8, 4) is 5.75 Å². The molecule has 2 unspecified atom stereocenters. The third kappa shape index (κ3) is 5.05. The lowest BCUT2D eigenvalue weighted by atomic mass is 9.89. The molecule has 1 aliphatic carbocycles. The monoisotopic (exact) mass is 479 g/mol. The number of anilines is 1. The Morgan fingerprint density at radius 2 is 2.06 bits per heavy atom. The van der Waals surface area contributed by atoms with Gasteiger partial charge in [-0.3, -0.25) is 9.69 Å². The molecule has 2 aromatic rings. The highest BCUT2D eigenvalue weighted by molar-refractivity contribution is 6.04. The van der Waals surface area contributed by atoms with Crippen LogP contribution in [0.4, 0.5) is 18.9 Å². The van der Waals surface area contributed by atoms with E-state index in [2.05, 4.69) is 10.3 Å². The highest BCUT2D eigenvalue weighted by atomic mass is 19.4. The second-order valence-corrected chi connectivity index (χ2v) is 10.5. The van der Waals surface area contributed by atoms with Crippen molar-refractivity contribution in [3.05, 3.63) is 24.4 Å². The van der Waals surface area contributed by atoms with Crippen molar-refractivity contribution in [1.82, 2.24) is 9.88 Å². The zero-order valence-electron chi connectivity index (χ0n) is 19.4. The van der Waals surface area contributed by atoms with Gasteiger partial charge < -0.3 is 19.8 Å². The molecule has 3 heterocycles. The number of nitrogens with one attached hydrogen (secondary N) is 2. The second kappa shape index (κ2) is 9.07. The van der Waals surface area contributed by atoms with Crippen LogP contribution in [0.1, 0.15) is 32.6 Å². The van der Waals surface area contributed by atoms with Gasteiger partial charge in [0.15, 0.2) is 0 Å². The molecule has 9 heteroatoms. The molecule has 1 aromatic heterocycles. The van der Waals surface area contributed by atoms with Crippen LogP contribution in [-0.4, -0.2) is 61.4 Å². The Kier molecular flexibility index (Phi) is 6.27. The van der Waals surface area contributed by atoms with E-state index in [0.29, 0.717) is 57.1 Å². The first-order valence-corrected chi connectivity index (χ1v) is 12.1. The molecule has 6 nitrogen and oxygen atoms in total. The molecule has 0 spiro atoms. The van der Waals surface area contributed by atoms with E-state index >= 15 is 0 Å². The van der Waals surface area contributed by atoms with Crippen LogP contribution in [0.5, 0.6) is 5.75 Å². The van der Waals surface area contributed by atoms with Crippen molar-refractivity contribution in [2.45, 2.75) is 38.8 Å². The first-order valence-electron chi connectivity index (χ1n) is 12.1. The number of alkyl halides is 3. The van der Waals surface area contributed by atoms with Gasteiger partial charge in [0, 0.05) is 36.8 Å². The Hall–Kier alpha value is -2.26. The van der Waals surface area contributed by atoms with E-state index in [0.717, 1.165) is 41.6 Å². The molecular formula is C25H32F3N3O3. The van der Waals surface area contributed by atoms with Gasteiger partial charge in [0.05, 0.1) is 30.9 Å². The van der Waals surface area contributed by atoms with Gasteiger partial charge >= 0.3 is 6.18 Å². The van der Waals surface area contributed by atoms with Gasteiger partial charge in [0.25, 0.3) is 0 Å². The van der Waals surface area contributed by atoms with E-state index < -0.39 is 18.1 Å². The lowest BCUT2D eigenvalue weighted by molar-refractivity contribution is -0.144. The Morgan fingerprint density at radius 1 is 1.29 bits per heavy atom. The number of aromatic nitrogens is 1. The molecule has 1 amide bonds. The normalized spacial score (nSPS) is 29.6. The van der Waals surface area contributed by atoms with Crippen LogP contribution in [0.25, 0.3) is 10.9 Å². The van der Waals surface area contributed by atoms with Crippen molar-refractivity contribution in [2.75, 3.05) is 44.8 Å². The van der Waals surface area contributed by atoms with Gasteiger partial charge in [-0.2, -0.15) is 13.2 Å². The van der Waals surface area contributed by atoms with E-state index in [1.54, 1.807) is 11.1 Å². The number of benzene rings is 1. The predicted octanol–water partition coefficient (Wildman–Crippen LogP) is 4.82. The van der Waals surface area contributed by atoms with E-state index in [1.807, 2.05) is 25.1 Å². The Labute approximate surface area is 197 Å². The summed E-state index contributed by atoms with van der Waals surface area (Å²) in [6, 6.07) is 5.79. The fraction of sp³-hybridized carbons (Fsp3) is 0.640. The number of rotatable bonds is 7. The third-order valence-corrected chi connectivity index (χ3v) is 7.79. The SMILES string of the molecule is CC1(C(=O)Nc2c[nH]c3ccc(OCCC4C[C@@H]5CN(CC(F)(F)F)C[C@@H]5C4)cc23)CCOC1. The van der Waals surface area contributed by atoms with E-state index in [4.69, 9.17) is 9.47 Å². The van der Waals surface area contributed by atoms with Crippen molar-refractivity contribution >= 4 is 22.5 Å². The number of H-pyrrole nitrogens is 1. The molecule has 2 saturated heterocycles. The Balaban J connectivity index is 1.12. The molecule has 4 atom stereocenters. The van der Waals surface area contributed by atoms with Crippen molar-refractivity contribution < 1.29 is 27.4 Å². The van der Waals surface area contributed by atoms with Crippen LogP contribution in [0.3, 0.4) is 0 Å². The maximum absolute atomic E-state index is 12.8. The third-order valence-electron chi connectivity index (χ3n) is 7.79. The first kappa shape index (κ1) is 23.5. The summed E-state index contributed by atoms with van der Waals surface area (Å²) in [5, 5.41) is 3.93. The molecule has 1 aromatic carbocycles. The van der Waals surface area contributed by atoms with Crippen molar-refractivity contribution in [1.29, 1.82) is 0 Å². The standard InChI is InChI=1S/C25H32F3N3O3/c1-24(5-7-33-15-24)23(32)30-22-11-29-21-3-2-19(10-20(21)22)34-6-4-16-8-17-12-31(13-18(17)9-16)14-25(26,27)28/h2-3,10-11,16-18,29H,4-9,12-15H2,1H3,(H,30,32)/t16?,17-,18+,24?. The number of aromatic amines is 1. The van der Waals surface area contributed by atoms with Gasteiger partial charge in [-0.1, -0.05) is 0 Å². The first-order chi connectivity index (χ1) is 16.2. The predicted molar refractivity (Wildman–Crippen MR) is 123 cm³/mol. The number of hydrogen-bond acceptors (Lipinski definition) is 4. The molecule has 34 heavy (non-hydrogen) atoms. The summed E-state index contributed by atoms with van der Waals surface area (Å²) in [4.78, 5) is 17.5. The van der Waals surface area contributed by atoms with Gasteiger partial charge in [-0.05, 0) is 68.6 Å². The van der Waals surface area contributed by atoms with Crippen LogP contribution in [0.15, 0.2) is 24.4 Å². The number of amides is 1. The molecule has 0 radical (unpaired) electrons. The van der Waals surface area contributed by atoms with Crippen molar-refractivity contribution in [2.24, 2.45) is 23.2 Å². The average Bonchev–Trinajstić information content (AvgIpc) is 3.52. The summed E-state index contributed by atoms with van der Waals surface area (Å²) in [6.45, 7) is 3.86. The van der Waals surface area contributed by atoms with Crippen molar-refractivity contribution in [3.63, 3.8) is 0 Å². The zero-order valence-corrected chi connectivity index (χ0v) is 19.4. The maximum Gasteiger partial charge on any atom is 0.401 e. The molecule has 1 saturated carbocycles. The molecule has 2 aliphatic heterocycles. The number of halogens is 3. The number of carbonyl (C=O) groups is 1. The van der Waals surface area contributed by atoms with Gasteiger partial charge in [-0.25, -0.2) is 0 Å². The van der Waals surface area contributed by atoms with E-state index in [9.17, 15) is 18.0 Å². The molecule has 0 bridgehead atoms. The van der Waals surface area contributed by atoms with Crippen LogP contribution >= 0.6 is 0 Å². The molecule has 5 rings (SSSR count). The van der Waals surface area contributed by atoms with Crippen LogP contribution < -0.4 is 10.1 Å². The number of fused-ring (bicyclic) bond motifs is 2. The largest absolute Gasteiger partial charge is 0.494 e. The number of carbonyl (C=O) groups excluding carboxylic acids is 1. The van der Waals surface area contributed by atoms with Gasteiger partial charge in [-0.15, -0.1) is 0 Å². The van der Waals surface area contributed by atoms with Crippen LogP contribution in [0, 0.1) is 23.2 Å². The number of ether oxygens (including phenoxy) is 2. The zero-order chi connectivity index (χ0) is 23.9. The average molecular weight is 480 g/mol. The summed E-state index contributed by atoms with van der Waals surface area (Å²) in [5.41, 5.74) is 1.13. The minimum Gasteiger partial charge on any atom is -0.494 e. The topological polar surface area (TPSA) is 66.6 Å². The molecule has 3 fully saturated rings. The molecule has 2 N–H and O–H groups in total. The summed E-state index contributed by atoms with van der Waals surface area (Å²) >= 11 is 0. The molecule has 3 aliphatic rings. The minimum absolute atomic E-state index is 0.0437. The quantitative estimate of drug-likeness (QED) is 0.598. The smallest absolute Gasteiger partial charge is 0.401 e. The van der Waals surface area contributed by atoms with E-state index in [1.165, 1.54) is 0 Å². The summed E-state index contributed by atoms with van der Waals surface area (Å²) in [6.07, 6.45) is 1.26. The Bertz CT molecular complexity index is 1020. The van der Waals surface area contributed by atoms with Gasteiger partial charge in [0.1, 0.15) is 5.75 Å². The number of nitrogens with zero attached hydrogens (tertiary/aromatic N) is 1. The van der Waals surface area contributed by atoms with Crippen LogP contribution in [0.2, 0.25) is 0 Å².